The second-order valence-electron chi connectivity index (χ2n) is 4.65. The molecule has 96 valence electrons. The van der Waals surface area contributed by atoms with Crippen molar-refractivity contribution >= 4 is 21.7 Å². The highest BCUT2D eigenvalue weighted by Gasteiger charge is 2.28. The molecule has 2 aromatic rings. The lowest BCUT2D eigenvalue weighted by Crippen LogP contribution is -2.26. The van der Waals surface area contributed by atoms with Crippen molar-refractivity contribution < 1.29 is 9.53 Å². The van der Waals surface area contributed by atoms with E-state index < -0.39 is 0 Å². The van der Waals surface area contributed by atoms with Crippen LogP contribution in [0.1, 0.15) is 11.1 Å². The SMILES string of the molecule is O=C(Cc1ccccc1Br)C1Cc2ccccc2O1. The quantitative estimate of drug-likeness (QED) is 0.865. The van der Waals surface area contributed by atoms with Gasteiger partial charge in [-0.05, 0) is 23.3 Å². The molecule has 1 atom stereocenters. The summed E-state index contributed by atoms with van der Waals surface area (Å²) in [7, 11) is 0. The first-order valence-corrected chi connectivity index (χ1v) is 7.04. The molecule has 0 bridgehead atoms. The van der Waals surface area contributed by atoms with Crippen molar-refractivity contribution in [2.24, 2.45) is 0 Å². The number of rotatable bonds is 3. The molecule has 3 heteroatoms. The number of para-hydroxylation sites is 1. The van der Waals surface area contributed by atoms with Crippen LogP contribution in [0.15, 0.2) is 53.0 Å². The second kappa shape index (κ2) is 5.17. The van der Waals surface area contributed by atoms with Crippen LogP contribution in [0.2, 0.25) is 0 Å². The van der Waals surface area contributed by atoms with Crippen molar-refractivity contribution in [3.63, 3.8) is 0 Å². The lowest BCUT2D eigenvalue weighted by molar-refractivity contribution is -0.124. The maximum atomic E-state index is 12.3. The van der Waals surface area contributed by atoms with Gasteiger partial charge in [-0.25, -0.2) is 0 Å². The largest absolute Gasteiger partial charge is 0.482 e. The van der Waals surface area contributed by atoms with Gasteiger partial charge in [0.25, 0.3) is 0 Å². The number of ether oxygens (including phenoxy) is 1. The maximum Gasteiger partial charge on any atom is 0.178 e. The zero-order valence-electron chi connectivity index (χ0n) is 10.3. The molecule has 1 aliphatic rings. The predicted molar refractivity (Wildman–Crippen MR) is 77.4 cm³/mol. The van der Waals surface area contributed by atoms with Gasteiger partial charge in [0.1, 0.15) is 5.75 Å². The van der Waals surface area contributed by atoms with E-state index in [0.29, 0.717) is 12.8 Å². The topological polar surface area (TPSA) is 26.3 Å². The van der Waals surface area contributed by atoms with Crippen LogP contribution in [0, 0.1) is 0 Å². The second-order valence-corrected chi connectivity index (χ2v) is 5.51. The molecule has 2 nitrogen and oxygen atoms in total. The number of carbonyl (C=O) groups is 1. The van der Waals surface area contributed by atoms with Crippen LogP contribution in [-0.2, 0) is 17.6 Å². The van der Waals surface area contributed by atoms with Crippen LogP contribution in [0.5, 0.6) is 5.75 Å². The number of fused-ring (bicyclic) bond motifs is 1. The first-order valence-electron chi connectivity index (χ1n) is 6.25. The van der Waals surface area contributed by atoms with Gasteiger partial charge in [0.05, 0.1) is 0 Å². The summed E-state index contributed by atoms with van der Waals surface area (Å²) < 4.78 is 6.69. The summed E-state index contributed by atoms with van der Waals surface area (Å²) in [6.45, 7) is 0. The first kappa shape index (κ1) is 12.4. The monoisotopic (exact) mass is 316 g/mol. The van der Waals surface area contributed by atoms with E-state index in [1.54, 1.807) is 0 Å². The van der Waals surface area contributed by atoms with Crippen LogP contribution < -0.4 is 4.74 Å². The molecule has 1 aliphatic heterocycles. The van der Waals surface area contributed by atoms with Gasteiger partial charge < -0.3 is 4.74 Å². The predicted octanol–water partition coefficient (Wildman–Crippen LogP) is 3.56. The van der Waals surface area contributed by atoms with Crippen molar-refractivity contribution in [3.8, 4) is 5.75 Å². The Balaban J connectivity index is 1.72. The average Bonchev–Trinajstić information content (AvgIpc) is 2.85. The molecule has 0 saturated carbocycles. The van der Waals surface area contributed by atoms with Crippen molar-refractivity contribution in [2.45, 2.75) is 18.9 Å². The lowest BCUT2D eigenvalue weighted by Gasteiger charge is -2.10. The van der Waals surface area contributed by atoms with Crippen LogP contribution in [-0.4, -0.2) is 11.9 Å². The fraction of sp³-hybridized carbons (Fsp3) is 0.188. The highest BCUT2D eigenvalue weighted by molar-refractivity contribution is 9.10. The van der Waals surface area contributed by atoms with E-state index in [1.165, 1.54) is 0 Å². The molecule has 1 heterocycles. The molecule has 2 aromatic carbocycles. The Labute approximate surface area is 120 Å². The standard InChI is InChI=1S/C16H13BrO2/c17-13-7-3-1-5-11(13)9-14(18)16-10-12-6-2-4-8-15(12)19-16/h1-8,16H,9-10H2. The third kappa shape index (κ3) is 2.56. The molecule has 0 saturated heterocycles. The molecule has 1 unspecified atom stereocenters. The molecule has 0 spiro atoms. The minimum Gasteiger partial charge on any atom is -0.482 e. The molecule has 0 radical (unpaired) electrons. The van der Waals surface area contributed by atoms with Crippen LogP contribution in [0.4, 0.5) is 0 Å². The van der Waals surface area contributed by atoms with E-state index in [4.69, 9.17) is 4.74 Å². The normalized spacial score (nSPS) is 16.8. The van der Waals surface area contributed by atoms with Gasteiger partial charge >= 0.3 is 0 Å². The Hall–Kier alpha value is -1.61. The number of benzene rings is 2. The fourth-order valence-corrected chi connectivity index (χ4v) is 2.73. The van der Waals surface area contributed by atoms with Crippen LogP contribution in [0.25, 0.3) is 0 Å². The van der Waals surface area contributed by atoms with E-state index in [9.17, 15) is 4.79 Å². The molecule has 3 rings (SSSR count). The Kier molecular flexibility index (Phi) is 3.38. The Morgan fingerprint density at radius 3 is 2.68 bits per heavy atom. The van der Waals surface area contributed by atoms with Gasteiger partial charge in [-0.15, -0.1) is 0 Å². The highest BCUT2D eigenvalue weighted by atomic mass is 79.9. The van der Waals surface area contributed by atoms with Gasteiger partial charge in [-0.2, -0.15) is 0 Å². The summed E-state index contributed by atoms with van der Waals surface area (Å²) in [6, 6.07) is 15.6. The highest BCUT2D eigenvalue weighted by Crippen LogP contribution is 2.29. The minimum absolute atomic E-state index is 0.128. The number of ketones is 1. The number of carbonyl (C=O) groups excluding carboxylic acids is 1. The van der Waals surface area contributed by atoms with Gasteiger partial charge in [0, 0.05) is 17.3 Å². The molecule has 0 N–H and O–H groups in total. The van der Waals surface area contributed by atoms with Gasteiger partial charge in [-0.3, -0.25) is 4.79 Å². The van der Waals surface area contributed by atoms with Gasteiger partial charge in [0.15, 0.2) is 11.9 Å². The molecule has 19 heavy (non-hydrogen) atoms. The molecule has 0 amide bonds. The van der Waals surface area contributed by atoms with Crippen LogP contribution in [0.3, 0.4) is 0 Å². The Bertz CT molecular complexity index is 597. The number of hydrogen-bond acceptors (Lipinski definition) is 2. The number of hydrogen-bond donors (Lipinski definition) is 0. The van der Waals surface area contributed by atoms with Gasteiger partial charge in [0.2, 0.25) is 0 Å². The smallest absolute Gasteiger partial charge is 0.178 e. The summed E-state index contributed by atoms with van der Waals surface area (Å²) in [5, 5.41) is 0. The fourth-order valence-electron chi connectivity index (χ4n) is 2.30. The summed E-state index contributed by atoms with van der Waals surface area (Å²) in [5.74, 6) is 0.969. The third-order valence-electron chi connectivity index (χ3n) is 3.33. The van der Waals surface area contributed by atoms with Crippen molar-refractivity contribution in [3.05, 3.63) is 64.1 Å². The van der Waals surface area contributed by atoms with E-state index in [0.717, 1.165) is 21.3 Å². The Morgan fingerprint density at radius 2 is 1.89 bits per heavy atom. The lowest BCUT2D eigenvalue weighted by atomic mass is 10.0. The molecule has 0 aliphatic carbocycles. The number of Topliss-reactive ketones (excluding diaryl/α,β-unsaturated/α-hetero) is 1. The van der Waals surface area contributed by atoms with Gasteiger partial charge in [-0.1, -0.05) is 52.3 Å². The molecule has 0 aromatic heterocycles. The average molecular weight is 317 g/mol. The maximum absolute atomic E-state index is 12.3. The minimum atomic E-state index is -0.343. The first-order chi connectivity index (χ1) is 9.24. The van der Waals surface area contributed by atoms with Crippen molar-refractivity contribution in [1.29, 1.82) is 0 Å². The van der Waals surface area contributed by atoms with E-state index >= 15 is 0 Å². The Morgan fingerprint density at radius 1 is 1.16 bits per heavy atom. The van der Waals surface area contributed by atoms with E-state index in [2.05, 4.69) is 15.9 Å². The zero-order chi connectivity index (χ0) is 13.2. The van der Waals surface area contributed by atoms with Crippen molar-refractivity contribution in [2.75, 3.05) is 0 Å². The third-order valence-corrected chi connectivity index (χ3v) is 4.10. The molecule has 0 fully saturated rings. The summed E-state index contributed by atoms with van der Waals surface area (Å²) in [6.07, 6.45) is 0.740. The van der Waals surface area contributed by atoms with Crippen molar-refractivity contribution in [1.82, 2.24) is 0 Å². The van der Waals surface area contributed by atoms with Crippen LogP contribution >= 0.6 is 15.9 Å². The molecular weight excluding hydrogens is 304 g/mol. The van der Waals surface area contributed by atoms with E-state index in [1.807, 2.05) is 48.5 Å². The van der Waals surface area contributed by atoms with E-state index in [-0.39, 0.29) is 11.9 Å². The zero-order valence-corrected chi connectivity index (χ0v) is 11.9. The molecular formula is C16H13BrO2. The summed E-state index contributed by atoms with van der Waals surface area (Å²) in [5.41, 5.74) is 2.13. The summed E-state index contributed by atoms with van der Waals surface area (Å²) >= 11 is 3.47. The summed E-state index contributed by atoms with van der Waals surface area (Å²) in [4.78, 5) is 12.3. The number of halogens is 1.